The molecule has 4 saturated carbocycles. The summed E-state index contributed by atoms with van der Waals surface area (Å²) in [7, 11) is 0. The molecule has 1 aliphatic heterocycles. The maximum Gasteiger partial charge on any atom is 0.326 e. The van der Waals surface area contributed by atoms with Crippen molar-refractivity contribution in [2.24, 2.45) is 17.8 Å². The Morgan fingerprint density at radius 1 is 0.974 bits per heavy atom. The Morgan fingerprint density at radius 2 is 1.62 bits per heavy atom. The zero-order valence-electron chi connectivity index (χ0n) is 21.7. The molecule has 7 nitrogen and oxygen atoms in total. The highest BCUT2D eigenvalue weighted by atomic mass is 35.5. The molecular formula is C31H32ClN3O4. The number of fused-ring (bicyclic) bond motifs is 3. The number of H-pyrrole nitrogens is 1. The lowest BCUT2D eigenvalue weighted by atomic mass is 9.53. The van der Waals surface area contributed by atoms with E-state index in [1.807, 2.05) is 36.4 Å². The van der Waals surface area contributed by atoms with Crippen LogP contribution in [0.5, 0.6) is 0 Å². The van der Waals surface area contributed by atoms with Gasteiger partial charge in [-0.1, -0.05) is 30.3 Å². The van der Waals surface area contributed by atoms with E-state index >= 15 is 0 Å². The van der Waals surface area contributed by atoms with E-state index in [-0.39, 0.29) is 23.7 Å². The lowest BCUT2D eigenvalue weighted by molar-refractivity contribution is -0.151. The van der Waals surface area contributed by atoms with E-state index in [1.165, 1.54) is 24.2 Å². The number of aliphatic carboxylic acids is 1. The zero-order chi connectivity index (χ0) is 26.9. The first-order chi connectivity index (χ1) is 18.8. The number of halogens is 1. The number of carbonyl (C=O) groups is 3. The van der Waals surface area contributed by atoms with Gasteiger partial charge < -0.3 is 20.3 Å². The van der Waals surface area contributed by atoms with Gasteiger partial charge in [0, 0.05) is 34.1 Å². The first-order valence-corrected chi connectivity index (χ1v) is 14.5. The van der Waals surface area contributed by atoms with Crippen LogP contribution in [0.3, 0.4) is 0 Å². The lowest BCUT2D eigenvalue weighted by Crippen LogP contribution is -2.59. The summed E-state index contributed by atoms with van der Waals surface area (Å²) in [6, 6.07) is 13.3. The number of alkyl halides is 1. The van der Waals surface area contributed by atoms with Crippen LogP contribution in [0.1, 0.15) is 71.7 Å². The van der Waals surface area contributed by atoms with Gasteiger partial charge in [0.2, 0.25) is 5.91 Å². The number of carboxylic acid groups (broad SMARTS) is 1. The smallest absolute Gasteiger partial charge is 0.326 e. The molecule has 3 N–H and O–H groups in total. The number of nitrogens with one attached hydrogen (secondary N) is 2. The lowest BCUT2D eigenvalue weighted by Gasteiger charge is -2.56. The predicted octanol–water partition coefficient (Wildman–Crippen LogP) is 5.03. The van der Waals surface area contributed by atoms with Crippen LogP contribution in [0.4, 0.5) is 0 Å². The SMILES string of the molecule is O=C(NC12CC3CC(CC(C3)C1)C2)c1ccc([C@@H]2c3[nH]c4ccccc4c3C[C@H](C(=O)O)N2C(=O)CCl)cc1. The highest BCUT2D eigenvalue weighted by molar-refractivity contribution is 6.27. The number of carbonyl (C=O) groups excluding carboxylic acids is 2. The quantitative estimate of drug-likeness (QED) is 0.391. The molecule has 8 heteroatoms. The van der Waals surface area contributed by atoms with Crippen molar-refractivity contribution in [1.29, 1.82) is 0 Å². The summed E-state index contributed by atoms with van der Waals surface area (Å²) < 4.78 is 0. The molecular weight excluding hydrogens is 514 g/mol. The van der Waals surface area contributed by atoms with Gasteiger partial charge in [-0.05, 0) is 85.6 Å². The van der Waals surface area contributed by atoms with Crippen molar-refractivity contribution in [3.8, 4) is 0 Å². The monoisotopic (exact) mass is 545 g/mol. The van der Waals surface area contributed by atoms with Crippen LogP contribution < -0.4 is 5.32 Å². The Kier molecular flexibility index (Phi) is 5.78. The molecule has 4 fully saturated rings. The van der Waals surface area contributed by atoms with E-state index in [1.54, 1.807) is 12.1 Å². The van der Waals surface area contributed by atoms with Crippen LogP contribution in [0.15, 0.2) is 48.5 Å². The number of para-hydroxylation sites is 1. The molecule has 2 atom stereocenters. The molecule has 4 aliphatic carbocycles. The molecule has 39 heavy (non-hydrogen) atoms. The fraction of sp³-hybridized carbons (Fsp3) is 0.452. The Balaban J connectivity index is 1.23. The van der Waals surface area contributed by atoms with Gasteiger partial charge in [-0.2, -0.15) is 0 Å². The summed E-state index contributed by atoms with van der Waals surface area (Å²) in [6.45, 7) is 0. The van der Waals surface area contributed by atoms with E-state index in [0.29, 0.717) is 5.56 Å². The average Bonchev–Trinajstić information content (AvgIpc) is 3.29. The van der Waals surface area contributed by atoms with Crippen LogP contribution in [0, 0.1) is 17.8 Å². The molecule has 5 aliphatic rings. The van der Waals surface area contributed by atoms with Gasteiger partial charge in [0.15, 0.2) is 0 Å². The number of hydrogen-bond donors (Lipinski definition) is 3. The number of aromatic nitrogens is 1. The number of hydrogen-bond acceptors (Lipinski definition) is 3. The molecule has 1 aromatic heterocycles. The molecule has 8 rings (SSSR count). The Morgan fingerprint density at radius 3 is 2.23 bits per heavy atom. The van der Waals surface area contributed by atoms with Crippen LogP contribution in [0.2, 0.25) is 0 Å². The van der Waals surface area contributed by atoms with Gasteiger partial charge in [-0.15, -0.1) is 11.6 Å². The molecule has 3 aromatic rings. The van der Waals surface area contributed by atoms with E-state index < -0.39 is 24.0 Å². The second-order valence-electron chi connectivity index (χ2n) is 12.2. The van der Waals surface area contributed by atoms with Crippen LogP contribution in [0.25, 0.3) is 10.9 Å². The largest absolute Gasteiger partial charge is 0.480 e. The van der Waals surface area contributed by atoms with Crippen molar-refractivity contribution in [3.05, 3.63) is 70.9 Å². The molecule has 0 radical (unpaired) electrons. The first-order valence-electron chi connectivity index (χ1n) is 14.0. The number of aromatic amines is 1. The van der Waals surface area contributed by atoms with E-state index in [0.717, 1.165) is 64.7 Å². The average molecular weight is 546 g/mol. The first kappa shape index (κ1) is 24.7. The van der Waals surface area contributed by atoms with Gasteiger partial charge in [-0.3, -0.25) is 9.59 Å². The standard InChI is InChI=1S/C31H32ClN3O4/c32-16-26(36)35-25(30(38)39)12-23-22-3-1-2-4-24(22)33-27(23)28(35)20-5-7-21(8-6-20)29(37)34-31-13-17-9-18(14-31)11-19(10-17)15-31/h1-8,17-19,25,28,33H,9-16H2,(H,34,37)(H,38,39)/t17?,18?,19?,25-,28-,31?/m1/s1. The maximum absolute atomic E-state index is 13.4. The minimum absolute atomic E-state index is 0.0597. The van der Waals surface area contributed by atoms with Crippen LogP contribution >= 0.6 is 11.6 Å². The van der Waals surface area contributed by atoms with Crippen molar-refractivity contribution in [2.75, 3.05) is 5.88 Å². The predicted molar refractivity (Wildman–Crippen MR) is 148 cm³/mol. The van der Waals surface area contributed by atoms with Crippen molar-refractivity contribution < 1.29 is 19.5 Å². The number of nitrogens with zero attached hydrogens (tertiary/aromatic N) is 1. The van der Waals surface area contributed by atoms with E-state index in [9.17, 15) is 19.5 Å². The Hall–Kier alpha value is -3.32. The third-order valence-corrected chi connectivity index (χ3v) is 9.95. The second-order valence-corrected chi connectivity index (χ2v) is 12.5. The number of benzene rings is 2. The second kappa shape index (κ2) is 9.12. The summed E-state index contributed by atoms with van der Waals surface area (Å²) in [5.41, 5.74) is 3.81. The summed E-state index contributed by atoms with van der Waals surface area (Å²) in [6.07, 6.45) is 7.39. The zero-order valence-corrected chi connectivity index (χ0v) is 22.4. The fourth-order valence-corrected chi connectivity index (χ4v) is 8.74. The highest BCUT2D eigenvalue weighted by Crippen LogP contribution is 2.55. The van der Waals surface area contributed by atoms with Gasteiger partial charge in [0.25, 0.3) is 5.91 Å². The maximum atomic E-state index is 13.4. The minimum atomic E-state index is -1.07. The van der Waals surface area contributed by atoms with Crippen molar-refractivity contribution in [3.63, 3.8) is 0 Å². The third kappa shape index (κ3) is 4.05. The van der Waals surface area contributed by atoms with Gasteiger partial charge in [-0.25, -0.2) is 4.79 Å². The number of carboxylic acids is 1. The molecule has 2 aromatic carbocycles. The Labute approximate surface area is 231 Å². The molecule has 202 valence electrons. The van der Waals surface area contributed by atoms with Crippen LogP contribution in [-0.4, -0.2) is 50.2 Å². The fourth-order valence-electron chi connectivity index (χ4n) is 8.60. The third-order valence-electron chi connectivity index (χ3n) is 9.72. The van der Waals surface area contributed by atoms with Gasteiger partial charge in [0.05, 0.1) is 6.04 Å². The van der Waals surface area contributed by atoms with Crippen molar-refractivity contribution in [2.45, 2.75) is 62.6 Å². The van der Waals surface area contributed by atoms with Crippen LogP contribution in [-0.2, 0) is 16.0 Å². The number of amides is 2. The molecule has 4 bridgehead atoms. The summed E-state index contributed by atoms with van der Waals surface area (Å²) in [4.78, 5) is 43.7. The topological polar surface area (TPSA) is 102 Å². The van der Waals surface area contributed by atoms with Crippen molar-refractivity contribution >= 4 is 40.3 Å². The molecule has 2 amide bonds. The highest BCUT2D eigenvalue weighted by Gasteiger charge is 2.51. The normalized spacial score (nSPS) is 30.8. The molecule has 2 heterocycles. The van der Waals surface area contributed by atoms with Gasteiger partial charge in [0.1, 0.15) is 11.9 Å². The molecule has 0 unspecified atom stereocenters. The van der Waals surface area contributed by atoms with E-state index in [4.69, 9.17) is 11.6 Å². The molecule has 0 spiro atoms. The van der Waals surface area contributed by atoms with Crippen molar-refractivity contribution in [1.82, 2.24) is 15.2 Å². The summed E-state index contributed by atoms with van der Waals surface area (Å²) in [5.74, 6) is 0.329. The summed E-state index contributed by atoms with van der Waals surface area (Å²) >= 11 is 5.98. The molecule has 0 saturated heterocycles. The van der Waals surface area contributed by atoms with Gasteiger partial charge >= 0.3 is 5.97 Å². The number of rotatable bonds is 5. The Bertz CT molecular complexity index is 1440. The summed E-state index contributed by atoms with van der Waals surface area (Å²) in [5, 5.41) is 14.5. The van der Waals surface area contributed by atoms with E-state index in [2.05, 4.69) is 10.3 Å². The minimum Gasteiger partial charge on any atom is -0.480 e.